The molecule has 0 aliphatic carbocycles. The third-order valence-electron chi connectivity index (χ3n) is 3.61. The van der Waals surface area contributed by atoms with Crippen LogP contribution >= 0.6 is 0 Å². The minimum atomic E-state index is -0.396. The van der Waals surface area contributed by atoms with E-state index in [1.54, 1.807) is 25.3 Å². The summed E-state index contributed by atoms with van der Waals surface area (Å²) in [5, 5.41) is 0. The molecule has 1 fully saturated rings. The molecular weight excluding hydrogens is 282 g/mol. The molecule has 2 heterocycles. The number of hydrogen-bond donors (Lipinski definition) is 0. The van der Waals surface area contributed by atoms with Crippen LogP contribution in [0.1, 0.15) is 37.0 Å². The molecule has 0 atom stereocenters. The van der Waals surface area contributed by atoms with Crippen molar-refractivity contribution >= 4 is 17.7 Å². The van der Waals surface area contributed by atoms with Crippen molar-refractivity contribution in [3.63, 3.8) is 0 Å². The third-order valence-corrected chi connectivity index (χ3v) is 3.61. The summed E-state index contributed by atoms with van der Waals surface area (Å²) in [6.45, 7) is 6.64. The highest BCUT2D eigenvalue weighted by Crippen LogP contribution is 2.20. The summed E-state index contributed by atoms with van der Waals surface area (Å²) in [7, 11) is 0. The van der Waals surface area contributed by atoms with Gasteiger partial charge in [-0.05, 0) is 31.9 Å². The lowest BCUT2D eigenvalue weighted by Crippen LogP contribution is -2.37. The minimum absolute atomic E-state index is 0.0832. The Labute approximate surface area is 131 Å². The van der Waals surface area contributed by atoms with Gasteiger partial charge in [-0.25, -0.2) is 9.78 Å². The van der Waals surface area contributed by atoms with Gasteiger partial charge in [0.15, 0.2) is 0 Å². The van der Waals surface area contributed by atoms with Crippen LogP contribution in [-0.2, 0) is 9.53 Å². The van der Waals surface area contributed by atoms with Crippen molar-refractivity contribution in [1.29, 1.82) is 0 Å². The lowest BCUT2D eigenvalue weighted by Gasteiger charge is -2.23. The minimum Gasteiger partial charge on any atom is -0.462 e. The number of amides is 1. The van der Waals surface area contributed by atoms with Crippen molar-refractivity contribution in [3.8, 4) is 0 Å². The number of anilines is 1. The standard InChI is InChI=1S/C16H23N3O3/c1-3-9-18-10-6-11-19(12-14(18)20)15-13(7-5-8-17-15)16(21)22-4-2/h5,7-8H,3-4,6,9-12H2,1-2H3. The Morgan fingerprint density at radius 3 is 2.91 bits per heavy atom. The zero-order chi connectivity index (χ0) is 15.9. The number of esters is 1. The molecule has 1 amide bonds. The summed E-state index contributed by atoms with van der Waals surface area (Å²) >= 11 is 0. The Kier molecular flexibility index (Phi) is 5.75. The van der Waals surface area contributed by atoms with Gasteiger partial charge in [0.25, 0.3) is 0 Å². The molecule has 0 N–H and O–H groups in total. The zero-order valence-electron chi connectivity index (χ0n) is 13.2. The van der Waals surface area contributed by atoms with Crippen LogP contribution in [0.2, 0.25) is 0 Å². The second kappa shape index (κ2) is 7.77. The van der Waals surface area contributed by atoms with Crippen LogP contribution in [0.3, 0.4) is 0 Å². The first kappa shape index (κ1) is 16.3. The highest BCUT2D eigenvalue weighted by Gasteiger charge is 2.25. The fourth-order valence-electron chi connectivity index (χ4n) is 2.62. The molecule has 0 aromatic carbocycles. The van der Waals surface area contributed by atoms with Gasteiger partial charge in [0.05, 0.1) is 13.2 Å². The van der Waals surface area contributed by atoms with Gasteiger partial charge in [-0.2, -0.15) is 0 Å². The predicted octanol–water partition coefficient (Wildman–Crippen LogP) is 1.71. The van der Waals surface area contributed by atoms with Gasteiger partial charge in [-0.3, -0.25) is 4.79 Å². The maximum absolute atomic E-state index is 12.3. The molecule has 0 bridgehead atoms. The Morgan fingerprint density at radius 2 is 2.18 bits per heavy atom. The second-order valence-electron chi connectivity index (χ2n) is 5.25. The number of carbonyl (C=O) groups is 2. The summed E-state index contributed by atoms with van der Waals surface area (Å²) in [4.78, 5) is 32.5. The molecule has 1 aromatic heterocycles. The fraction of sp³-hybridized carbons (Fsp3) is 0.562. The monoisotopic (exact) mass is 305 g/mol. The molecule has 0 unspecified atom stereocenters. The van der Waals surface area contributed by atoms with Crippen LogP contribution in [0.15, 0.2) is 18.3 Å². The summed E-state index contributed by atoms with van der Waals surface area (Å²) in [5.74, 6) is 0.222. The normalized spacial score (nSPS) is 15.6. The van der Waals surface area contributed by atoms with Crippen LogP contribution < -0.4 is 4.90 Å². The molecule has 1 aliphatic rings. The van der Waals surface area contributed by atoms with Gasteiger partial charge in [-0.15, -0.1) is 0 Å². The van der Waals surface area contributed by atoms with Crippen LogP contribution in [0.4, 0.5) is 5.82 Å². The molecule has 0 spiro atoms. The number of pyridine rings is 1. The van der Waals surface area contributed by atoms with Crippen LogP contribution in [-0.4, -0.2) is 54.5 Å². The van der Waals surface area contributed by atoms with Crippen molar-refractivity contribution in [3.05, 3.63) is 23.9 Å². The first-order valence-corrected chi connectivity index (χ1v) is 7.82. The summed E-state index contributed by atoms with van der Waals surface area (Å²) < 4.78 is 5.08. The number of ether oxygens (including phenoxy) is 1. The molecule has 120 valence electrons. The number of nitrogens with zero attached hydrogens (tertiary/aromatic N) is 3. The molecule has 1 aliphatic heterocycles. The second-order valence-corrected chi connectivity index (χ2v) is 5.25. The van der Waals surface area contributed by atoms with E-state index in [1.807, 2.05) is 9.80 Å². The highest BCUT2D eigenvalue weighted by atomic mass is 16.5. The van der Waals surface area contributed by atoms with Crippen molar-refractivity contribution < 1.29 is 14.3 Å². The topological polar surface area (TPSA) is 62.7 Å². The van der Waals surface area contributed by atoms with Gasteiger partial charge in [-0.1, -0.05) is 6.92 Å². The van der Waals surface area contributed by atoms with E-state index in [0.717, 1.165) is 25.9 Å². The maximum Gasteiger partial charge on any atom is 0.341 e. The van der Waals surface area contributed by atoms with Gasteiger partial charge in [0.2, 0.25) is 5.91 Å². The predicted molar refractivity (Wildman–Crippen MR) is 83.9 cm³/mol. The first-order valence-electron chi connectivity index (χ1n) is 7.82. The van der Waals surface area contributed by atoms with E-state index >= 15 is 0 Å². The zero-order valence-corrected chi connectivity index (χ0v) is 13.2. The van der Waals surface area contributed by atoms with Gasteiger partial charge in [0.1, 0.15) is 11.4 Å². The first-order chi connectivity index (χ1) is 10.7. The number of hydrogen-bond acceptors (Lipinski definition) is 5. The average molecular weight is 305 g/mol. The van der Waals surface area contributed by atoms with Crippen LogP contribution in [0.5, 0.6) is 0 Å². The van der Waals surface area contributed by atoms with Gasteiger partial charge >= 0.3 is 5.97 Å². The Bertz CT molecular complexity index is 533. The summed E-state index contributed by atoms with van der Waals surface area (Å²) in [6, 6.07) is 3.40. The smallest absolute Gasteiger partial charge is 0.341 e. The lowest BCUT2D eigenvalue weighted by molar-refractivity contribution is -0.129. The molecule has 1 saturated heterocycles. The third kappa shape index (κ3) is 3.75. The number of aromatic nitrogens is 1. The van der Waals surface area contributed by atoms with E-state index in [1.165, 1.54) is 0 Å². The molecule has 0 radical (unpaired) electrons. The van der Waals surface area contributed by atoms with Crippen LogP contribution in [0, 0.1) is 0 Å². The van der Waals surface area contributed by atoms with Gasteiger partial charge < -0.3 is 14.5 Å². The van der Waals surface area contributed by atoms with Crippen molar-refractivity contribution in [2.75, 3.05) is 37.7 Å². The largest absolute Gasteiger partial charge is 0.462 e. The van der Waals surface area contributed by atoms with E-state index in [0.29, 0.717) is 24.5 Å². The SMILES string of the molecule is CCCN1CCCN(c2ncccc2C(=O)OCC)CC1=O. The molecular formula is C16H23N3O3. The van der Waals surface area contributed by atoms with Crippen molar-refractivity contribution in [2.45, 2.75) is 26.7 Å². The maximum atomic E-state index is 12.3. The summed E-state index contributed by atoms with van der Waals surface area (Å²) in [6.07, 6.45) is 3.45. The lowest BCUT2D eigenvalue weighted by atomic mass is 10.2. The van der Waals surface area contributed by atoms with E-state index < -0.39 is 5.97 Å². The van der Waals surface area contributed by atoms with Crippen molar-refractivity contribution in [2.24, 2.45) is 0 Å². The Morgan fingerprint density at radius 1 is 1.36 bits per heavy atom. The van der Waals surface area contributed by atoms with E-state index in [2.05, 4.69) is 11.9 Å². The quantitative estimate of drug-likeness (QED) is 0.775. The molecule has 6 heteroatoms. The van der Waals surface area contributed by atoms with Crippen LogP contribution in [0.25, 0.3) is 0 Å². The Hall–Kier alpha value is -2.11. The summed E-state index contributed by atoms with van der Waals surface area (Å²) in [5.41, 5.74) is 0.418. The Balaban J connectivity index is 2.21. The molecule has 6 nitrogen and oxygen atoms in total. The fourth-order valence-corrected chi connectivity index (χ4v) is 2.62. The van der Waals surface area contributed by atoms with Crippen molar-refractivity contribution in [1.82, 2.24) is 9.88 Å². The molecule has 22 heavy (non-hydrogen) atoms. The molecule has 0 saturated carbocycles. The highest BCUT2D eigenvalue weighted by molar-refractivity contribution is 5.95. The average Bonchev–Trinajstić information content (AvgIpc) is 2.70. The molecule has 2 rings (SSSR count). The van der Waals surface area contributed by atoms with E-state index in [9.17, 15) is 9.59 Å². The van der Waals surface area contributed by atoms with Gasteiger partial charge in [0, 0.05) is 25.8 Å². The number of rotatable bonds is 5. The number of carbonyl (C=O) groups excluding carboxylic acids is 2. The van der Waals surface area contributed by atoms with E-state index in [4.69, 9.17) is 4.74 Å². The molecule has 1 aromatic rings. The van der Waals surface area contributed by atoms with E-state index in [-0.39, 0.29) is 12.5 Å².